The summed E-state index contributed by atoms with van der Waals surface area (Å²) in [6, 6.07) is 2.14. The van der Waals surface area contributed by atoms with Crippen LogP contribution in [0.25, 0.3) is 0 Å². The molecule has 0 unspecified atom stereocenters. The first kappa shape index (κ1) is 22.4. The molecule has 0 aliphatic heterocycles. The van der Waals surface area contributed by atoms with E-state index in [-0.39, 0.29) is 11.3 Å². The Morgan fingerprint density at radius 1 is 1.19 bits per heavy atom. The van der Waals surface area contributed by atoms with Crippen molar-refractivity contribution < 1.29 is 10.2 Å². The predicted octanol–water partition coefficient (Wildman–Crippen LogP) is 4.77. The summed E-state index contributed by atoms with van der Waals surface area (Å²) in [6.07, 6.45) is 12.9. The van der Waals surface area contributed by atoms with Gasteiger partial charge >= 0.3 is 0 Å². The van der Waals surface area contributed by atoms with Crippen molar-refractivity contribution in [1.29, 1.82) is 5.26 Å². The fourth-order valence-corrected chi connectivity index (χ4v) is 9.22. The SMILES string of the molecule is C[C@@H]1C[C@H]2[C@H](CC[C@@H]3[C@@H]2CC[C@@]2(C)[C@H]3CC[C@@H]2[C@@](C)(O)Cn2cc(C#N)cn2)C[C@]1(C)O. The van der Waals surface area contributed by atoms with E-state index in [4.69, 9.17) is 5.26 Å². The average Bonchev–Trinajstić information content (AvgIpc) is 3.32. The zero-order valence-corrected chi connectivity index (χ0v) is 20.3. The van der Waals surface area contributed by atoms with Gasteiger partial charge in [-0.3, -0.25) is 4.68 Å². The van der Waals surface area contributed by atoms with E-state index in [0.717, 1.165) is 30.6 Å². The minimum Gasteiger partial charge on any atom is -0.390 e. The molecule has 5 rings (SSSR count). The molecular weight excluding hydrogens is 398 g/mol. The summed E-state index contributed by atoms with van der Waals surface area (Å²) in [7, 11) is 0. The number of nitriles is 1. The van der Waals surface area contributed by atoms with Crippen molar-refractivity contribution in [2.75, 3.05) is 0 Å². The molecule has 4 saturated carbocycles. The van der Waals surface area contributed by atoms with E-state index >= 15 is 0 Å². The lowest BCUT2D eigenvalue weighted by Crippen LogP contribution is -2.54. The van der Waals surface area contributed by atoms with E-state index in [1.807, 2.05) is 6.92 Å². The van der Waals surface area contributed by atoms with E-state index in [0.29, 0.717) is 29.9 Å². The van der Waals surface area contributed by atoms with Gasteiger partial charge in [0.15, 0.2) is 0 Å². The molecule has 32 heavy (non-hydrogen) atoms. The Morgan fingerprint density at radius 3 is 2.69 bits per heavy atom. The number of hydrogen-bond donors (Lipinski definition) is 2. The molecule has 1 heterocycles. The van der Waals surface area contributed by atoms with Crippen molar-refractivity contribution in [2.45, 2.75) is 96.8 Å². The van der Waals surface area contributed by atoms with Crippen molar-refractivity contribution in [1.82, 2.24) is 9.78 Å². The lowest BCUT2D eigenvalue weighted by molar-refractivity contribution is -0.138. The lowest BCUT2D eigenvalue weighted by Gasteiger charge is -2.58. The molecule has 0 amide bonds. The Balaban J connectivity index is 1.34. The summed E-state index contributed by atoms with van der Waals surface area (Å²) < 4.78 is 1.75. The van der Waals surface area contributed by atoms with Gasteiger partial charge in [0.2, 0.25) is 0 Å². The van der Waals surface area contributed by atoms with Crippen molar-refractivity contribution in [3.63, 3.8) is 0 Å². The van der Waals surface area contributed by atoms with Crippen LogP contribution in [0, 0.1) is 58.2 Å². The normalized spacial score (nSPS) is 47.6. The van der Waals surface area contributed by atoms with Gasteiger partial charge in [0.25, 0.3) is 0 Å². The first-order chi connectivity index (χ1) is 15.0. The van der Waals surface area contributed by atoms with Crippen molar-refractivity contribution >= 4 is 0 Å². The molecule has 0 radical (unpaired) electrons. The van der Waals surface area contributed by atoms with Crippen molar-refractivity contribution in [2.24, 2.45) is 46.8 Å². The summed E-state index contributed by atoms with van der Waals surface area (Å²) in [6.45, 7) is 9.22. The first-order valence-electron chi connectivity index (χ1n) is 12.9. The molecule has 0 aromatic carbocycles. The zero-order chi connectivity index (χ0) is 22.9. The number of fused-ring (bicyclic) bond motifs is 5. The fourth-order valence-electron chi connectivity index (χ4n) is 9.22. The third-order valence-electron chi connectivity index (χ3n) is 10.9. The standard InChI is InChI=1S/C27H41N3O2/c1-17-11-22-19(12-26(17,3)31)5-6-21-20(22)9-10-25(2)23(21)7-8-24(25)27(4,32)16-30-15-18(13-28)14-29-30/h14-15,17,19-24,31-32H,5-12,16H2,1-4H3/t17-,19-,20+,21-,22+,23+,24+,25+,26+,27+/m1/s1. The van der Waals surface area contributed by atoms with Crippen LogP contribution in [0.2, 0.25) is 0 Å². The topological polar surface area (TPSA) is 82.1 Å². The second-order valence-corrected chi connectivity index (χ2v) is 12.7. The van der Waals surface area contributed by atoms with Crippen LogP contribution < -0.4 is 0 Å². The summed E-state index contributed by atoms with van der Waals surface area (Å²) in [5.41, 5.74) is -0.597. The van der Waals surface area contributed by atoms with E-state index in [9.17, 15) is 10.2 Å². The molecule has 2 N–H and O–H groups in total. The summed E-state index contributed by atoms with van der Waals surface area (Å²) >= 11 is 0. The third-order valence-corrected chi connectivity index (χ3v) is 10.9. The van der Waals surface area contributed by atoms with Crippen LogP contribution in [0.3, 0.4) is 0 Å². The monoisotopic (exact) mass is 439 g/mol. The molecular formula is C27H41N3O2. The van der Waals surface area contributed by atoms with Gasteiger partial charge in [0.1, 0.15) is 6.07 Å². The smallest absolute Gasteiger partial charge is 0.102 e. The second kappa shape index (κ2) is 7.57. The minimum absolute atomic E-state index is 0.175. The average molecular weight is 440 g/mol. The van der Waals surface area contributed by atoms with E-state index in [1.165, 1.54) is 38.5 Å². The quantitative estimate of drug-likeness (QED) is 0.711. The number of rotatable bonds is 3. The first-order valence-corrected chi connectivity index (χ1v) is 12.9. The highest BCUT2D eigenvalue weighted by Gasteiger charge is 2.61. The molecule has 5 heteroatoms. The minimum atomic E-state index is -0.829. The van der Waals surface area contributed by atoms with Gasteiger partial charge in [0, 0.05) is 6.20 Å². The van der Waals surface area contributed by atoms with Gasteiger partial charge in [-0.25, -0.2) is 0 Å². The highest BCUT2D eigenvalue weighted by molar-refractivity contribution is 5.21. The third kappa shape index (κ3) is 3.44. The van der Waals surface area contributed by atoms with Gasteiger partial charge in [-0.2, -0.15) is 10.4 Å². The van der Waals surface area contributed by atoms with Crippen LogP contribution in [0.5, 0.6) is 0 Å². The van der Waals surface area contributed by atoms with Crippen LogP contribution in [0.1, 0.15) is 84.6 Å². The van der Waals surface area contributed by atoms with E-state index in [2.05, 4.69) is 31.9 Å². The summed E-state index contributed by atoms with van der Waals surface area (Å²) in [4.78, 5) is 0. The fraction of sp³-hybridized carbons (Fsp3) is 0.852. The molecule has 5 nitrogen and oxygen atoms in total. The molecule has 176 valence electrons. The Morgan fingerprint density at radius 2 is 1.97 bits per heavy atom. The van der Waals surface area contributed by atoms with Gasteiger partial charge in [-0.05, 0) is 112 Å². The summed E-state index contributed by atoms with van der Waals surface area (Å²) in [5, 5.41) is 36.0. The van der Waals surface area contributed by atoms with Crippen LogP contribution in [0.15, 0.2) is 12.4 Å². The van der Waals surface area contributed by atoms with Gasteiger partial charge < -0.3 is 10.2 Å². The molecule has 0 bridgehead atoms. The molecule has 1 aromatic rings. The molecule has 10 atom stereocenters. The van der Waals surface area contributed by atoms with Crippen LogP contribution >= 0.6 is 0 Å². The highest BCUT2D eigenvalue weighted by atomic mass is 16.3. The maximum atomic E-state index is 11.7. The van der Waals surface area contributed by atoms with E-state index < -0.39 is 11.2 Å². The molecule has 4 aliphatic carbocycles. The van der Waals surface area contributed by atoms with Crippen LogP contribution in [-0.4, -0.2) is 31.2 Å². The van der Waals surface area contributed by atoms with Crippen molar-refractivity contribution in [3.05, 3.63) is 18.0 Å². The van der Waals surface area contributed by atoms with Crippen molar-refractivity contribution in [3.8, 4) is 6.07 Å². The largest absolute Gasteiger partial charge is 0.390 e. The van der Waals surface area contributed by atoms with Crippen LogP contribution in [0.4, 0.5) is 0 Å². The van der Waals surface area contributed by atoms with E-state index in [1.54, 1.807) is 17.1 Å². The second-order valence-electron chi connectivity index (χ2n) is 12.7. The molecule has 0 spiro atoms. The number of nitrogens with zero attached hydrogens (tertiary/aromatic N) is 3. The number of aromatic nitrogens is 2. The maximum Gasteiger partial charge on any atom is 0.102 e. The Labute approximate surface area is 193 Å². The molecule has 4 fully saturated rings. The Hall–Kier alpha value is -1.38. The van der Waals surface area contributed by atoms with Crippen LogP contribution in [-0.2, 0) is 6.54 Å². The molecule has 4 aliphatic rings. The van der Waals surface area contributed by atoms with Gasteiger partial charge in [0.05, 0.1) is 29.5 Å². The summed E-state index contributed by atoms with van der Waals surface area (Å²) in [5.74, 6) is 4.41. The zero-order valence-electron chi connectivity index (χ0n) is 20.3. The lowest BCUT2D eigenvalue weighted by atomic mass is 9.47. The Bertz CT molecular complexity index is 899. The number of hydrogen-bond acceptors (Lipinski definition) is 4. The predicted molar refractivity (Wildman–Crippen MR) is 123 cm³/mol. The molecule has 0 saturated heterocycles. The molecule has 1 aromatic heterocycles. The highest BCUT2D eigenvalue weighted by Crippen LogP contribution is 2.66. The number of aliphatic hydroxyl groups is 2. The maximum absolute atomic E-state index is 11.7. The Kier molecular flexibility index (Phi) is 5.30. The van der Waals surface area contributed by atoms with Gasteiger partial charge in [-0.1, -0.05) is 13.8 Å². The van der Waals surface area contributed by atoms with Gasteiger partial charge in [-0.15, -0.1) is 0 Å².